The Morgan fingerprint density at radius 1 is 1.14 bits per heavy atom. The number of anilines is 3. The number of methoxy groups -OCH3 is 1. The third-order valence-electron chi connectivity index (χ3n) is 6.18. The molecule has 2 aliphatic rings. The maximum absolute atomic E-state index is 14.4. The number of aryl methyl sites for hydroxylation is 1. The van der Waals surface area contributed by atoms with E-state index < -0.39 is 0 Å². The third kappa shape index (κ3) is 5.44. The fraction of sp³-hybridized carbons (Fsp3) is 0.385. The van der Waals surface area contributed by atoms with E-state index in [0.717, 1.165) is 50.4 Å². The average molecular weight is 496 g/mol. The summed E-state index contributed by atoms with van der Waals surface area (Å²) in [5.74, 6) is 2.23. The molecule has 0 atom stereocenters. The van der Waals surface area contributed by atoms with Gasteiger partial charge in [0.25, 0.3) is 0 Å². The first kappa shape index (κ1) is 24.1. The van der Waals surface area contributed by atoms with Crippen molar-refractivity contribution in [3.05, 3.63) is 53.6 Å². The van der Waals surface area contributed by atoms with Crippen molar-refractivity contribution in [3.8, 4) is 23.1 Å². The molecule has 3 aromatic rings. The van der Waals surface area contributed by atoms with E-state index >= 15 is 0 Å². The minimum Gasteiger partial charge on any atom is -0.493 e. The third-order valence-corrected chi connectivity index (χ3v) is 6.18. The number of morpholine rings is 1. The van der Waals surface area contributed by atoms with E-state index in [4.69, 9.17) is 18.9 Å². The summed E-state index contributed by atoms with van der Waals surface area (Å²) in [7, 11) is 1.60. The van der Waals surface area contributed by atoms with E-state index in [9.17, 15) is 4.39 Å². The quantitative estimate of drug-likeness (QED) is 0.439. The lowest BCUT2D eigenvalue weighted by Crippen LogP contribution is -2.37. The number of ether oxygens (including phenoxy) is 4. The van der Waals surface area contributed by atoms with Crippen molar-refractivity contribution in [2.24, 2.45) is 0 Å². The lowest BCUT2D eigenvalue weighted by molar-refractivity contribution is 0.0357. The zero-order valence-electron chi connectivity index (χ0n) is 20.5. The van der Waals surface area contributed by atoms with Crippen LogP contribution in [0.4, 0.5) is 21.6 Å². The summed E-state index contributed by atoms with van der Waals surface area (Å²) in [6.07, 6.45) is 2.28. The van der Waals surface area contributed by atoms with E-state index in [1.807, 2.05) is 19.1 Å². The fourth-order valence-corrected chi connectivity index (χ4v) is 4.22. The van der Waals surface area contributed by atoms with Crippen molar-refractivity contribution >= 4 is 17.2 Å². The number of hydrogen-bond donors (Lipinski definition) is 2. The van der Waals surface area contributed by atoms with Gasteiger partial charge >= 0.3 is 0 Å². The highest BCUT2D eigenvalue weighted by molar-refractivity contribution is 5.76. The molecule has 1 aromatic heterocycles. The van der Waals surface area contributed by atoms with Gasteiger partial charge in [-0.1, -0.05) is 6.07 Å². The summed E-state index contributed by atoms with van der Waals surface area (Å²) in [5.41, 5.74) is 2.58. The predicted octanol–water partition coefficient (Wildman–Crippen LogP) is 4.50. The second kappa shape index (κ2) is 11.0. The van der Waals surface area contributed by atoms with Crippen molar-refractivity contribution in [3.63, 3.8) is 0 Å². The Morgan fingerprint density at radius 2 is 2.00 bits per heavy atom. The number of halogens is 1. The Labute approximate surface area is 209 Å². The molecule has 3 heterocycles. The maximum Gasteiger partial charge on any atom is 0.248 e. The highest BCUT2D eigenvalue weighted by Crippen LogP contribution is 2.42. The number of hydrogen-bond acceptors (Lipinski definition) is 9. The first-order valence-electron chi connectivity index (χ1n) is 12.0. The normalized spacial score (nSPS) is 15.1. The zero-order valence-corrected chi connectivity index (χ0v) is 20.5. The summed E-state index contributed by atoms with van der Waals surface area (Å²) < 4.78 is 37.6. The summed E-state index contributed by atoms with van der Waals surface area (Å²) in [5, 5.41) is 6.37. The van der Waals surface area contributed by atoms with E-state index in [2.05, 4.69) is 25.5 Å². The molecule has 2 N–H and O–H groups in total. The molecule has 1 saturated heterocycles. The van der Waals surface area contributed by atoms with Crippen LogP contribution in [0.5, 0.6) is 23.1 Å². The van der Waals surface area contributed by atoms with E-state index in [1.54, 1.807) is 19.2 Å². The number of nitrogens with one attached hydrogen (secondary N) is 2. The fourth-order valence-electron chi connectivity index (χ4n) is 4.22. The smallest absolute Gasteiger partial charge is 0.248 e. The van der Waals surface area contributed by atoms with Crippen molar-refractivity contribution in [1.29, 1.82) is 0 Å². The molecule has 0 aliphatic carbocycles. The number of benzene rings is 2. The van der Waals surface area contributed by atoms with Gasteiger partial charge in [0.1, 0.15) is 23.6 Å². The van der Waals surface area contributed by atoms with Gasteiger partial charge in [0.15, 0.2) is 17.3 Å². The molecule has 0 spiro atoms. The first-order valence-corrected chi connectivity index (χ1v) is 12.0. The molecule has 0 saturated carbocycles. The van der Waals surface area contributed by atoms with Crippen LogP contribution in [0.25, 0.3) is 0 Å². The SMILES string of the molecule is COc1cc2c(cc1OCCCN1CCOCC1)CNc1c(Nc3ccc(C)cc3F)ncnc1O2. The van der Waals surface area contributed by atoms with Gasteiger partial charge in [-0.2, -0.15) is 4.98 Å². The monoisotopic (exact) mass is 495 g/mol. The molecule has 5 rings (SSSR count). The van der Waals surface area contributed by atoms with Gasteiger partial charge in [0.05, 0.1) is 32.6 Å². The Balaban J connectivity index is 1.30. The highest BCUT2D eigenvalue weighted by Gasteiger charge is 2.22. The van der Waals surface area contributed by atoms with Crippen LogP contribution in [0, 0.1) is 12.7 Å². The van der Waals surface area contributed by atoms with Gasteiger partial charge in [-0.15, -0.1) is 0 Å². The molecule has 2 aliphatic heterocycles. The van der Waals surface area contributed by atoms with Crippen molar-refractivity contribution in [2.45, 2.75) is 19.9 Å². The van der Waals surface area contributed by atoms with Crippen molar-refractivity contribution < 1.29 is 23.3 Å². The van der Waals surface area contributed by atoms with Crippen LogP contribution < -0.4 is 24.8 Å². The van der Waals surface area contributed by atoms with Crippen molar-refractivity contribution in [1.82, 2.24) is 14.9 Å². The molecule has 0 radical (unpaired) electrons. The molecule has 1 fully saturated rings. The molecule has 0 unspecified atom stereocenters. The number of rotatable bonds is 8. The minimum atomic E-state index is -0.361. The summed E-state index contributed by atoms with van der Waals surface area (Å²) in [6, 6.07) is 8.70. The standard InChI is InChI=1S/C26H30FN5O4/c1-17-4-5-20(19(27)12-17)31-25-24-26(30-16-29-25)36-21-14-22(33-2)23(13-18(21)15-28-24)35-9-3-6-32-7-10-34-11-8-32/h4-5,12-14,16,28H,3,6-11,15H2,1-2H3,(H,29,30,31). The number of fused-ring (bicyclic) bond motifs is 2. The van der Waals surface area contributed by atoms with Gasteiger partial charge in [0.2, 0.25) is 5.88 Å². The van der Waals surface area contributed by atoms with Gasteiger partial charge in [0, 0.05) is 37.8 Å². The first-order chi connectivity index (χ1) is 17.6. The predicted molar refractivity (Wildman–Crippen MR) is 134 cm³/mol. The zero-order chi connectivity index (χ0) is 24.9. The molecule has 9 nitrogen and oxygen atoms in total. The molecular weight excluding hydrogens is 465 g/mol. The summed E-state index contributed by atoms with van der Waals surface area (Å²) in [4.78, 5) is 11.0. The van der Waals surface area contributed by atoms with Gasteiger partial charge in [-0.25, -0.2) is 9.37 Å². The van der Waals surface area contributed by atoms with Crippen LogP contribution in [0.3, 0.4) is 0 Å². The Bertz CT molecular complexity index is 1220. The number of aromatic nitrogens is 2. The second-order valence-corrected chi connectivity index (χ2v) is 8.73. The average Bonchev–Trinajstić information content (AvgIpc) is 3.07. The van der Waals surface area contributed by atoms with Crippen LogP contribution in [0.2, 0.25) is 0 Å². The molecule has 0 amide bonds. The Morgan fingerprint density at radius 3 is 2.81 bits per heavy atom. The Kier molecular flexibility index (Phi) is 7.33. The lowest BCUT2D eigenvalue weighted by Gasteiger charge is -2.26. The molecule has 2 aromatic carbocycles. The summed E-state index contributed by atoms with van der Waals surface area (Å²) in [6.45, 7) is 7.31. The van der Waals surface area contributed by atoms with Gasteiger partial charge < -0.3 is 29.6 Å². The minimum absolute atomic E-state index is 0.319. The second-order valence-electron chi connectivity index (χ2n) is 8.73. The van der Waals surface area contributed by atoms with Crippen LogP contribution in [0.15, 0.2) is 36.7 Å². The van der Waals surface area contributed by atoms with Crippen LogP contribution in [-0.2, 0) is 11.3 Å². The molecule has 36 heavy (non-hydrogen) atoms. The highest BCUT2D eigenvalue weighted by atomic mass is 19.1. The van der Waals surface area contributed by atoms with Crippen LogP contribution >= 0.6 is 0 Å². The topological polar surface area (TPSA) is 90.0 Å². The van der Waals surface area contributed by atoms with Crippen LogP contribution in [0.1, 0.15) is 17.5 Å². The van der Waals surface area contributed by atoms with Gasteiger partial charge in [-0.3, -0.25) is 4.90 Å². The lowest BCUT2D eigenvalue weighted by atomic mass is 10.1. The van der Waals surface area contributed by atoms with Crippen molar-refractivity contribution in [2.75, 3.05) is 57.2 Å². The van der Waals surface area contributed by atoms with E-state index in [-0.39, 0.29) is 5.82 Å². The van der Waals surface area contributed by atoms with E-state index in [1.165, 1.54) is 12.4 Å². The largest absolute Gasteiger partial charge is 0.493 e. The molecule has 0 bridgehead atoms. The van der Waals surface area contributed by atoms with Crippen LogP contribution in [-0.4, -0.2) is 61.4 Å². The maximum atomic E-state index is 14.4. The molecule has 10 heteroatoms. The summed E-state index contributed by atoms with van der Waals surface area (Å²) >= 11 is 0. The Hall–Kier alpha value is -3.63. The van der Waals surface area contributed by atoms with E-state index in [0.29, 0.717) is 53.5 Å². The molecule has 190 valence electrons. The number of nitrogens with zero attached hydrogens (tertiary/aromatic N) is 3. The van der Waals surface area contributed by atoms with Gasteiger partial charge in [-0.05, 0) is 37.1 Å². The molecular formula is C26H30FN5O4.